The molecule has 2 aromatic rings. The first-order valence-corrected chi connectivity index (χ1v) is 9.43. The zero-order valence-electron chi connectivity index (χ0n) is 18.0. The topological polar surface area (TPSA) is 114 Å². The van der Waals surface area contributed by atoms with Gasteiger partial charge in [0, 0.05) is 23.2 Å². The lowest BCUT2D eigenvalue weighted by atomic mass is 9.91. The van der Waals surface area contributed by atoms with Crippen molar-refractivity contribution in [2.45, 2.75) is 72.0 Å². The first-order valence-electron chi connectivity index (χ1n) is 9.43. The molecule has 8 nitrogen and oxygen atoms in total. The minimum Gasteiger partial charge on any atom is -0.428 e. The third kappa shape index (κ3) is 6.30. The number of hydrogen-bond donors (Lipinski definition) is 1. The fourth-order valence-electron chi connectivity index (χ4n) is 3.03. The van der Waals surface area contributed by atoms with Crippen LogP contribution in [0.1, 0.15) is 65.1 Å². The molecule has 2 N–H and O–H groups in total. The first kappa shape index (κ1) is 22.4. The predicted molar refractivity (Wildman–Crippen MR) is 110 cm³/mol. The lowest BCUT2D eigenvalue weighted by Gasteiger charge is -2.27. The van der Waals surface area contributed by atoms with Crippen LogP contribution in [0.5, 0.6) is 0 Å². The van der Waals surface area contributed by atoms with Gasteiger partial charge in [0.25, 0.3) is 0 Å². The Balaban J connectivity index is 2.06. The predicted octanol–water partition coefficient (Wildman–Crippen LogP) is 4.88. The van der Waals surface area contributed by atoms with E-state index < -0.39 is 23.5 Å². The highest BCUT2D eigenvalue weighted by Gasteiger charge is 2.30. The van der Waals surface area contributed by atoms with Crippen LogP contribution >= 0.6 is 0 Å². The van der Waals surface area contributed by atoms with Gasteiger partial charge in [0.05, 0.1) is 0 Å². The van der Waals surface area contributed by atoms with Crippen molar-refractivity contribution in [3.63, 3.8) is 0 Å². The Bertz CT molecular complexity index is 918. The number of aryl methyl sites for hydroxylation is 1. The molecule has 0 amide bonds. The highest BCUT2D eigenvalue weighted by Crippen LogP contribution is 2.30. The molecule has 0 bridgehead atoms. The molecule has 8 heteroatoms. The molecule has 158 valence electrons. The van der Waals surface area contributed by atoms with Crippen molar-refractivity contribution < 1.29 is 23.8 Å². The summed E-state index contributed by atoms with van der Waals surface area (Å²) < 4.78 is 14.8. The molecule has 0 aliphatic heterocycles. The maximum atomic E-state index is 11.9. The smallest absolute Gasteiger partial charge is 0.428 e. The normalized spacial score (nSPS) is 13.1. The van der Waals surface area contributed by atoms with Crippen LogP contribution in [0.25, 0.3) is 10.9 Å². The van der Waals surface area contributed by atoms with Gasteiger partial charge in [0.2, 0.25) is 0 Å². The van der Waals surface area contributed by atoms with E-state index in [2.05, 4.69) is 14.7 Å². The van der Waals surface area contributed by atoms with E-state index in [0.717, 1.165) is 16.6 Å². The van der Waals surface area contributed by atoms with Crippen molar-refractivity contribution in [3.05, 3.63) is 29.6 Å². The molecule has 2 aromatic heterocycles. The molecule has 0 saturated heterocycles. The number of aromatic nitrogens is 2. The van der Waals surface area contributed by atoms with Gasteiger partial charge in [-0.2, -0.15) is 0 Å². The first-order chi connectivity index (χ1) is 13.3. The number of nitrogens with zero attached hydrogens (tertiary/aromatic N) is 2. The van der Waals surface area contributed by atoms with Crippen molar-refractivity contribution >= 4 is 29.0 Å². The molecule has 2 heterocycles. The molecule has 1 unspecified atom stereocenters. The molecule has 2 rings (SSSR count). The van der Waals surface area contributed by atoms with E-state index in [4.69, 9.17) is 15.2 Å². The SMILES string of the molecule is Cc1cnc(N)c2nc(C(C)CC(C)(C)OC(=O)OC(=O)OC(C)(C)C)ccc12. The minimum absolute atomic E-state index is 0.0522. The molecule has 0 saturated carbocycles. The van der Waals surface area contributed by atoms with E-state index in [1.807, 2.05) is 26.0 Å². The van der Waals surface area contributed by atoms with Crippen LogP contribution in [0.3, 0.4) is 0 Å². The number of rotatable bonds is 4. The molecular weight excluding hydrogens is 374 g/mol. The highest BCUT2D eigenvalue weighted by atomic mass is 16.8. The highest BCUT2D eigenvalue weighted by molar-refractivity contribution is 5.89. The summed E-state index contributed by atoms with van der Waals surface area (Å²) in [7, 11) is 0. The standard InChI is InChI=1S/C21H29N3O5/c1-12(15-9-8-14-13(2)11-23-17(22)16(14)24-15)10-21(6,7)29-19(26)27-18(25)28-20(3,4)5/h8-9,11-12H,10H2,1-7H3,(H2,22,23). The number of pyridine rings is 2. The summed E-state index contributed by atoms with van der Waals surface area (Å²) in [5.41, 5.74) is 6.76. The van der Waals surface area contributed by atoms with E-state index in [1.165, 1.54) is 0 Å². The van der Waals surface area contributed by atoms with Gasteiger partial charge in [-0.15, -0.1) is 0 Å². The van der Waals surface area contributed by atoms with E-state index in [1.54, 1.807) is 40.8 Å². The van der Waals surface area contributed by atoms with Gasteiger partial charge in [0.1, 0.15) is 22.5 Å². The summed E-state index contributed by atoms with van der Waals surface area (Å²) in [6.07, 6.45) is -0.0306. The van der Waals surface area contributed by atoms with Gasteiger partial charge in [0.15, 0.2) is 0 Å². The van der Waals surface area contributed by atoms with Crippen molar-refractivity contribution in [2.75, 3.05) is 5.73 Å². The van der Waals surface area contributed by atoms with Crippen LogP contribution in [0, 0.1) is 6.92 Å². The lowest BCUT2D eigenvalue weighted by molar-refractivity contribution is -0.0379. The number of fused-ring (bicyclic) bond motifs is 1. The Kier molecular flexibility index (Phi) is 6.35. The average Bonchev–Trinajstić information content (AvgIpc) is 2.54. The zero-order chi connectivity index (χ0) is 22.0. The Hall–Kier alpha value is -2.90. The zero-order valence-corrected chi connectivity index (χ0v) is 18.0. The molecule has 0 spiro atoms. The van der Waals surface area contributed by atoms with Crippen molar-refractivity contribution in [2.24, 2.45) is 0 Å². The summed E-state index contributed by atoms with van der Waals surface area (Å²) in [5, 5.41) is 0.949. The Labute approximate surface area is 170 Å². The molecule has 0 aliphatic carbocycles. The Morgan fingerprint density at radius 2 is 1.72 bits per heavy atom. The maximum absolute atomic E-state index is 11.9. The lowest BCUT2D eigenvalue weighted by Crippen LogP contribution is -2.32. The maximum Gasteiger partial charge on any atom is 0.519 e. The van der Waals surface area contributed by atoms with Crippen LogP contribution in [0.4, 0.5) is 15.4 Å². The van der Waals surface area contributed by atoms with Crippen LogP contribution < -0.4 is 5.73 Å². The fraction of sp³-hybridized carbons (Fsp3) is 0.524. The quantitative estimate of drug-likeness (QED) is 0.567. The molecule has 0 aromatic carbocycles. The van der Waals surface area contributed by atoms with E-state index in [0.29, 0.717) is 17.8 Å². The average molecular weight is 403 g/mol. The van der Waals surface area contributed by atoms with Gasteiger partial charge < -0.3 is 19.9 Å². The fourth-order valence-corrected chi connectivity index (χ4v) is 3.03. The number of ether oxygens (including phenoxy) is 3. The molecular formula is C21H29N3O5. The summed E-state index contributed by atoms with van der Waals surface area (Å²) in [6.45, 7) is 12.4. The molecule has 29 heavy (non-hydrogen) atoms. The van der Waals surface area contributed by atoms with E-state index in [9.17, 15) is 9.59 Å². The second kappa shape index (κ2) is 8.23. The van der Waals surface area contributed by atoms with Crippen molar-refractivity contribution in [1.82, 2.24) is 9.97 Å². The number of nitrogen functional groups attached to an aromatic ring is 1. The number of hydrogen-bond acceptors (Lipinski definition) is 8. The van der Waals surface area contributed by atoms with Crippen LogP contribution in [-0.2, 0) is 14.2 Å². The van der Waals surface area contributed by atoms with Crippen LogP contribution in [-0.4, -0.2) is 33.5 Å². The second-order valence-corrected chi connectivity index (χ2v) is 8.74. The monoisotopic (exact) mass is 403 g/mol. The largest absolute Gasteiger partial charge is 0.519 e. The molecule has 1 atom stereocenters. The second-order valence-electron chi connectivity index (χ2n) is 8.74. The number of carbonyl (C=O) groups excluding carboxylic acids is 2. The Morgan fingerprint density at radius 1 is 1.10 bits per heavy atom. The third-order valence-electron chi connectivity index (χ3n) is 4.20. The van der Waals surface area contributed by atoms with Gasteiger partial charge >= 0.3 is 12.3 Å². The Morgan fingerprint density at radius 3 is 2.34 bits per heavy atom. The molecule has 0 aliphatic rings. The number of anilines is 1. The van der Waals surface area contributed by atoms with Crippen LogP contribution in [0.15, 0.2) is 18.3 Å². The molecule has 0 radical (unpaired) electrons. The van der Waals surface area contributed by atoms with Gasteiger partial charge in [-0.05, 0) is 59.6 Å². The minimum atomic E-state index is -1.10. The number of carbonyl (C=O) groups is 2. The third-order valence-corrected chi connectivity index (χ3v) is 4.20. The van der Waals surface area contributed by atoms with Gasteiger partial charge in [-0.1, -0.05) is 13.0 Å². The number of nitrogens with two attached hydrogens (primary N) is 1. The van der Waals surface area contributed by atoms with Gasteiger partial charge in [-0.3, -0.25) is 0 Å². The van der Waals surface area contributed by atoms with Gasteiger partial charge in [-0.25, -0.2) is 19.6 Å². The summed E-state index contributed by atoms with van der Waals surface area (Å²) in [5.74, 6) is 0.319. The van der Waals surface area contributed by atoms with E-state index in [-0.39, 0.29) is 5.92 Å². The molecule has 0 fully saturated rings. The summed E-state index contributed by atoms with van der Waals surface area (Å²) >= 11 is 0. The van der Waals surface area contributed by atoms with Crippen molar-refractivity contribution in [3.8, 4) is 0 Å². The van der Waals surface area contributed by atoms with Crippen molar-refractivity contribution in [1.29, 1.82) is 0 Å². The van der Waals surface area contributed by atoms with E-state index >= 15 is 0 Å². The summed E-state index contributed by atoms with van der Waals surface area (Å²) in [4.78, 5) is 32.4. The van der Waals surface area contributed by atoms with Crippen LogP contribution in [0.2, 0.25) is 0 Å². The summed E-state index contributed by atoms with van der Waals surface area (Å²) in [6, 6.07) is 3.89.